The van der Waals surface area contributed by atoms with Gasteiger partial charge in [0.05, 0.1) is 0 Å². The summed E-state index contributed by atoms with van der Waals surface area (Å²) in [5, 5.41) is 2.20. The highest BCUT2D eigenvalue weighted by atomic mass is 19.4. The summed E-state index contributed by atoms with van der Waals surface area (Å²) < 4.78 is 80.0. The van der Waals surface area contributed by atoms with Crippen LogP contribution in [-0.2, 0) is 6.18 Å². The van der Waals surface area contributed by atoms with Crippen LogP contribution in [0.3, 0.4) is 0 Å². The molecule has 0 bridgehead atoms. The van der Waals surface area contributed by atoms with E-state index in [4.69, 9.17) is 0 Å². The molecule has 1 aromatic heterocycles. The summed E-state index contributed by atoms with van der Waals surface area (Å²) in [6, 6.07) is 6.56. The molecule has 1 amide bonds. The first kappa shape index (κ1) is 19.5. The van der Waals surface area contributed by atoms with E-state index in [0.717, 1.165) is 6.20 Å². The van der Waals surface area contributed by atoms with Crippen molar-refractivity contribution in [3.8, 4) is 5.69 Å². The van der Waals surface area contributed by atoms with E-state index in [2.05, 4.69) is 10.3 Å². The molecule has 1 heterocycles. The van der Waals surface area contributed by atoms with E-state index < -0.39 is 40.8 Å². The summed E-state index contributed by atoms with van der Waals surface area (Å²) in [6.07, 6.45) is -3.77. The molecule has 0 spiro atoms. The molecule has 2 aromatic carbocycles. The maximum absolute atomic E-state index is 13.7. The van der Waals surface area contributed by atoms with Crippen LogP contribution in [0.5, 0.6) is 0 Å². The van der Waals surface area contributed by atoms with E-state index >= 15 is 0 Å². The zero-order valence-electron chi connectivity index (χ0n) is 14.1. The van der Waals surface area contributed by atoms with E-state index in [9.17, 15) is 31.1 Å². The van der Waals surface area contributed by atoms with Gasteiger partial charge in [-0.3, -0.25) is 4.79 Å². The van der Waals surface area contributed by atoms with E-state index in [1.54, 1.807) is 0 Å². The minimum absolute atomic E-state index is 0.0908. The second-order valence-corrected chi connectivity index (χ2v) is 5.76. The van der Waals surface area contributed by atoms with Gasteiger partial charge in [-0.25, -0.2) is 18.2 Å². The zero-order valence-corrected chi connectivity index (χ0v) is 14.1. The number of benzene rings is 2. The van der Waals surface area contributed by atoms with Crippen molar-refractivity contribution in [3.63, 3.8) is 0 Å². The first-order valence-corrected chi connectivity index (χ1v) is 7.76. The summed E-state index contributed by atoms with van der Waals surface area (Å²) in [7, 11) is 0. The fourth-order valence-electron chi connectivity index (χ4n) is 2.50. The van der Waals surface area contributed by atoms with Crippen LogP contribution in [0.15, 0.2) is 42.6 Å². The molecule has 0 aliphatic rings. The van der Waals surface area contributed by atoms with Gasteiger partial charge in [0.25, 0.3) is 5.91 Å². The Morgan fingerprint density at radius 1 is 1.00 bits per heavy atom. The molecular weight excluding hydrogens is 388 g/mol. The van der Waals surface area contributed by atoms with Crippen molar-refractivity contribution in [2.24, 2.45) is 0 Å². The van der Waals surface area contributed by atoms with Gasteiger partial charge in [0.1, 0.15) is 17.2 Å². The van der Waals surface area contributed by atoms with Gasteiger partial charge in [0.15, 0.2) is 17.3 Å². The molecular formula is C18H11F6N3O. The normalized spacial score (nSPS) is 11.5. The number of alkyl halides is 3. The number of aromatic nitrogens is 2. The molecule has 0 unspecified atom stereocenters. The highest BCUT2D eigenvalue weighted by Crippen LogP contribution is 2.29. The number of hydrogen-bond donors (Lipinski definition) is 1. The lowest BCUT2D eigenvalue weighted by atomic mass is 10.1. The standard InChI is InChI=1S/C18H11F6N3O/c1-9-25-14(18(22,23)24)8-27(9)11-4-2-10(3-5-11)26-17(28)15-12(19)6-7-13(20)16(15)21/h2-8H,1H3,(H,26,28). The Bertz CT molecular complexity index is 1040. The van der Waals surface area contributed by atoms with E-state index in [0.29, 0.717) is 17.8 Å². The van der Waals surface area contributed by atoms with Crippen LogP contribution >= 0.6 is 0 Å². The molecule has 0 atom stereocenters. The first-order valence-electron chi connectivity index (χ1n) is 7.76. The van der Waals surface area contributed by atoms with Crippen molar-refractivity contribution in [2.75, 3.05) is 5.32 Å². The Kier molecular flexibility index (Phi) is 4.88. The molecule has 3 rings (SSSR count). The molecule has 0 aliphatic heterocycles. The van der Waals surface area contributed by atoms with E-state index in [1.807, 2.05) is 0 Å². The van der Waals surface area contributed by atoms with Crippen molar-refractivity contribution in [1.29, 1.82) is 0 Å². The van der Waals surface area contributed by atoms with Gasteiger partial charge in [-0.15, -0.1) is 0 Å². The molecule has 0 aliphatic carbocycles. The van der Waals surface area contributed by atoms with Gasteiger partial charge in [-0.1, -0.05) is 0 Å². The number of halogens is 6. The van der Waals surface area contributed by atoms with Crippen molar-refractivity contribution in [1.82, 2.24) is 9.55 Å². The molecule has 146 valence electrons. The highest BCUT2D eigenvalue weighted by Gasteiger charge is 2.34. The number of aryl methyl sites for hydroxylation is 1. The van der Waals surface area contributed by atoms with Gasteiger partial charge < -0.3 is 9.88 Å². The number of nitrogens with zero attached hydrogens (tertiary/aromatic N) is 2. The number of amides is 1. The monoisotopic (exact) mass is 399 g/mol. The maximum atomic E-state index is 13.7. The third-order valence-corrected chi connectivity index (χ3v) is 3.85. The largest absolute Gasteiger partial charge is 0.434 e. The van der Waals surface area contributed by atoms with E-state index in [-0.39, 0.29) is 11.5 Å². The molecule has 0 saturated carbocycles. The molecule has 3 aromatic rings. The fraction of sp³-hybridized carbons (Fsp3) is 0.111. The van der Waals surface area contributed by atoms with Crippen molar-refractivity contribution in [3.05, 3.63) is 77.1 Å². The lowest BCUT2D eigenvalue weighted by Gasteiger charge is -2.09. The summed E-state index contributed by atoms with van der Waals surface area (Å²) in [4.78, 5) is 15.5. The quantitative estimate of drug-likeness (QED) is 0.505. The number of rotatable bonds is 3. The number of nitrogens with one attached hydrogen (secondary N) is 1. The third kappa shape index (κ3) is 3.71. The molecule has 1 N–H and O–H groups in total. The zero-order chi connectivity index (χ0) is 20.6. The second-order valence-electron chi connectivity index (χ2n) is 5.76. The number of imidazole rings is 1. The lowest BCUT2D eigenvalue weighted by Crippen LogP contribution is -2.16. The summed E-state index contributed by atoms with van der Waals surface area (Å²) >= 11 is 0. The molecule has 4 nitrogen and oxygen atoms in total. The first-order chi connectivity index (χ1) is 13.1. The van der Waals surface area contributed by atoms with Crippen LogP contribution in [0.2, 0.25) is 0 Å². The van der Waals surface area contributed by atoms with Crippen LogP contribution in [-0.4, -0.2) is 15.5 Å². The summed E-state index contributed by atoms with van der Waals surface area (Å²) in [6.45, 7) is 1.39. The van der Waals surface area contributed by atoms with Crippen LogP contribution in [0.25, 0.3) is 5.69 Å². The predicted molar refractivity (Wildman–Crippen MR) is 87.6 cm³/mol. The van der Waals surface area contributed by atoms with E-state index in [1.165, 1.54) is 35.8 Å². The lowest BCUT2D eigenvalue weighted by molar-refractivity contribution is -0.141. The van der Waals surface area contributed by atoms with Crippen molar-refractivity contribution >= 4 is 11.6 Å². The maximum Gasteiger partial charge on any atom is 0.434 e. The average Bonchev–Trinajstić information content (AvgIpc) is 3.01. The smallest absolute Gasteiger partial charge is 0.322 e. The van der Waals surface area contributed by atoms with Crippen molar-refractivity contribution < 1.29 is 31.1 Å². The Morgan fingerprint density at radius 3 is 2.18 bits per heavy atom. The molecule has 0 saturated heterocycles. The summed E-state index contributed by atoms with van der Waals surface area (Å²) in [5.74, 6) is -5.35. The number of carbonyl (C=O) groups is 1. The van der Waals surface area contributed by atoms with Crippen LogP contribution in [0.4, 0.5) is 32.0 Å². The number of hydrogen-bond acceptors (Lipinski definition) is 2. The molecule has 10 heteroatoms. The number of anilines is 1. The minimum atomic E-state index is -4.59. The van der Waals surface area contributed by atoms with Gasteiger partial charge in [0.2, 0.25) is 0 Å². The Balaban J connectivity index is 1.84. The van der Waals surface area contributed by atoms with Crippen LogP contribution < -0.4 is 5.32 Å². The topological polar surface area (TPSA) is 46.9 Å². The fourth-order valence-corrected chi connectivity index (χ4v) is 2.50. The average molecular weight is 399 g/mol. The van der Waals surface area contributed by atoms with Gasteiger partial charge in [0, 0.05) is 17.6 Å². The Labute approximate surface area is 154 Å². The summed E-state index contributed by atoms with van der Waals surface area (Å²) in [5.41, 5.74) is -1.71. The second kappa shape index (κ2) is 7.02. The van der Waals surface area contributed by atoms with Crippen LogP contribution in [0, 0.1) is 24.4 Å². The predicted octanol–water partition coefficient (Wildman–Crippen LogP) is 4.87. The molecule has 0 radical (unpaired) electrons. The Hall–Kier alpha value is -3.30. The number of carbonyl (C=O) groups excluding carboxylic acids is 1. The third-order valence-electron chi connectivity index (χ3n) is 3.85. The van der Waals surface area contributed by atoms with Gasteiger partial charge >= 0.3 is 6.18 Å². The van der Waals surface area contributed by atoms with Gasteiger partial charge in [-0.05, 0) is 43.3 Å². The molecule has 28 heavy (non-hydrogen) atoms. The Morgan fingerprint density at radius 2 is 1.61 bits per heavy atom. The van der Waals surface area contributed by atoms with Crippen LogP contribution in [0.1, 0.15) is 21.9 Å². The van der Waals surface area contributed by atoms with Crippen molar-refractivity contribution in [2.45, 2.75) is 13.1 Å². The highest BCUT2D eigenvalue weighted by molar-refractivity contribution is 6.04. The SMILES string of the molecule is Cc1nc(C(F)(F)F)cn1-c1ccc(NC(=O)c2c(F)ccc(F)c2F)cc1. The van der Waals surface area contributed by atoms with Gasteiger partial charge in [-0.2, -0.15) is 13.2 Å². The molecule has 0 fully saturated rings. The minimum Gasteiger partial charge on any atom is -0.322 e.